The molecule has 1 aromatic rings. The smallest absolute Gasteiger partial charge is 0.222 e. The molecule has 0 spiro atoms. The van der Waals surface area contributed by atoms with Gasteiger partial charge in [0.05, 0.1) is 5.92 Å². The van der Waals surface area contributed by atoms with Gasteiger partial charge in [-0.2, -0.15) is 0 Å². The number of hydrogen-bond acceptors (Lipinski definition) is 4. The number of anilines is 1. The van der Waals surface area contributed by atoms with Crippen LogP contribution in [0, 0.1) is 5.92 Å². The van der Waals surface area contributed by atoms with Crippen LogP contribution < -0.4 is 10.6 Å². The largest absolute Gasteiger partial charge is 0.369 e. The number of carbonyl (C=O) groups is 1. The number of halogens is 1. The Kier molecular flexibility index (Phi) is 2.86. The first kappa shape index (κ1) is 10.4. The van der Waals surface area contributed by atoms with Crippen molar-refractivity contribution in [3.05, 3.63) is 17.0 Å². The number of rotatable bonds is 2. The monoisotopic (exact) mass is 270 g/mol. The second-order valence-electron chi connectivity index (χ2n) is 3.53. The molecule has 1 aromatic heterocycles. The van der Waals surface area contributed by atoms with Gasteiger partial charge in [-0.15, -0.1) is 0 Å². The predicted octanol–water partition coefficient (Wildman–Crippen LogP) is 0.551. The molecule has 2 rings (SSSR count). The van der Waals surface area contributed by atoms with Crippen LogP contribution in [0.15, 0.2) is 17.0 Å². The summed E-state index contributed by atoms with van der Waals surface area (Å²) in [4.78, 5) is 21.1. The molecule has 5 nitrogen and oxygen atoms in total. The van der Waals surface area contributed by atoms with Crippen molar-refractivity contribution in [3.63, 3.8) is 0 Å². The normalized spacial score (nSPS) is 20.6. The van der Waals surface area contributed by atoms with Gasteiger partial charge in [-0.05, 0) is 22.4 Å². The maximum atomic E-state index is 11.0. The first-order valence-corrected chi connectivity index (χ1v) is 5.48. The van der Waals surface area contributed by atoms with Crippen LogP contribution >= 0.6 is 15.9 Å². The Balaban J connectivity index is 2.11. The topological polar surface area (TPSA) is 72.1 Å². The molecule has 1 aliphatic heterocycles. The zero-order chi connectivity index (χ0) is 10.8. The van der Waals surface area contributed by atoms with Crippen LogP contribution in [-0.2, 0) is 4.79 Å². The number of carbonyl (C=O) groups excluding carboxylic acids is 1. The van der Waals surface area contributed by atoms with Crippen molar-refractivity contribution >= 4 is 27.7 Å². The summed E-state index contributed by atoms with van der Waals surface area (Å²) in [7, 11) is 0. The maximum absolute atomic E-state index is 11.0. The molecule has 0 saturated carbocycles. The fraction of sp³-hybridized carbons (Fsp3) is 0.444. The number of amides is 1. The molecule has 1 unspecified atom stereocenters. The van der Waals surface area contributed by atoms with Gasteiger partial charge < -0.3 is 10.6 Å². The molecule has 0 radical (unpaired) electrons. The number of nitrogens with zero attached hydrogens (tertiary/aromatic N) is 3. The summed E-state index contributed by atoms with van der Waals surface area (Å²) >= 11 is 3.28. The predicted molar refractivity (Wildman–Crippen MR) is 59.2 cm³/mol. The molecule has 1 saturated heterocycles. The van der Waals surface area contributed by atoms with E-state index in [2.05, 4.69) is 25.9 Å². The maximum Gasteiger partial charge on any atom is 0.222 e. The Morgan fingerprint density at radius 3 is 3.00 bits per heavy atom. The highest BCUT2D eigenvalue weighted by atomic mass is 79.9. The first-order chi connectivity index (χ1) is 7.16. The van der Waals surface area contributed by atoms with Crippen LogP contribution in [0.5, 0.6) is 0 Å². The van der Waals surface area contributed by atoms with Gasteiger partial charge >= 0.3 is 0 Å². The van der Waals surface area contributed by atoms with Crippen LogP contribution in [0.3, 0.4) is 0 Å². The summed E-state index contributed by atoms with van der Waals surface area (Å²) in [5.74, 6) is 0.546. The van der Waals surface area contributed by atoms with E-state index in [1.54, 1.807) is 0 Å². The minimum atomic E-state index is -0.231. The van der Waals surface area contributed by atoms with Gasteiger partial charge in [-0.25, -0.2) is 9.97 Å². The van der Waals surface area contributed by atoms with Gasteiger partial charge in [0, 0.05) is 19.2 Å². The lowest BCUT2D eigenvalue weighted by Gasteiger charge is -2.16. The zero-order valence-corrected chi connectivity index (χ0v) is 9.64. The summed E-state index contributed by atoms with van der Waals surface area (Å²) in [6, 6.07) is 1.84. The third-order valence-corrected chi connectivity index (χ3v) is 2.97. The third kappa shape index (κ3) is 2.26. The lowest BCUT2D eigenvalue weighted by Crippen LogP contribution is -2.27. The van der Waals surface area contributed by atoms with Crippen molar-refractivity contribution in [3.8, 4) is 0 Å². The molecule has 1 atom stereocenters. The van der Waals surface area contributed by atoms with Gasteiger partial charge in [0.2, 0.25) is 5.91 Å². The van der Waals surface area contributed by atoms with E-state index in [4.69, 9.17) is 5.73 Å². The van der Waals surface area contributed by atoms with Crippen molar-refractivity contribution in [2.24, 2.45) is 11.7 Å². The number of nitrogens with two attached hydrogens (primary N) is 1. The molecule has 1 fully saturated rings. The van der Waals surface area contributed by atoms with E-state index in [-0.39, 0.29) is 11.8 Å². The van der Waals surface area contributed by atoms with Crippen molar-refractivity contribution in [1.82, 2.24) is 9.97 Å². The van der Waals surface area contributed by atoms with Gasteiger partial charge in [0.25, 0.3) is 0 Å². The van der Waals surface area contributed by atoms with E-state index >= 15 is 0 Å². The third-order valence-electron chi connectivity index (χ3n) is 2.53. The molecule has 15 heavy (non-hydrogen) atoms. The molecule has 2 N–H and O–H groups in total. The Bertz CT molecular complexity index is 384. The number of primary amides is 1. The standard InChI is InChI=1S/C9H11BrN4O/c10-7-3-8(13-5-12-7)14-2-1-6(4-14)9(11)15/h3,5-6H,1-2,4H2,(H2,11,15). The van der Waals surface area contributed by atoms with Gasteiger partial charge in [-0.3, -0.25) is 4.79 Å². The highest BCUT2D eigenvalue weighted by Gasteiger charge is 2.27. The van der Waals surface area contributed by atoms with Gasteiger partial charge in [0.15, 0.2) is 0 Å². The fourth-order valence-corrected chi connectivity index (χ4v) is 1.99. The van der Waals surface area contributed by atoms with Crippen molar-refractivity contribution < 1.29 is 4.79 Å². The van der Waals surface area contributed by atoms with Crippen molar-refractivity contribution in [2.75, 3.05) is 18.0 Å². The van der Waals surface area contributed by atoms with Crippen molar-refractivity contribution in [1.29, 1.82) is 0 Å². The SMILES string of the molecule is NC(=O)C1CCN(c2cc(Br)ncn2)C1. The molecule has 0 bridgehead atoms. The molecule has 1 amide bonds. The second kappa shape index (κ2) is 4.14. The first-order valence-electron chi connectivity index (χ1n) is 4.68. The Labute approximate surface area is 95.8 Å². The molecular formula is C9H11BrN4O. The molecule has 6 heteroatoms. The highest BCUT2D eigenvalue weighted by Crippen LogP contribution is 2.22. The average molecular weight is 271 g/mol. The van der Waals surface area contributed by atoms with E-state index in [9.17, 15) is 4.79 Å². The van der Waals surface area contributed by atoms with E-state index < -0.39 is 0 Å². The Morgan fingerprint density at radius 1 is 1.60 bits per heavy atom. The minimum absolute atomic E-state index is 0.0567. The fourth-order valence-electron chi connectivity index (χ4n) is 1.70. The van der Waals surface area contributed by atoms with Crippen LogP contribution in [0.2, 0.25) is 0 Å². The lowest BCUT2D eigenvalue weighted by molar-refractivity contribution is -0.121. The quantitative estimate of drug-likeness (QED) is 0.797. The molecule has 0 aromatic carbocycles. The zero-order valence-electron chi connectivity index (χ0n) is 8.06. The summed E-state index contributed by atoms with van der Waals surface area (Å²) in [6.07, 6.45) is 2.30. The van der Waals surface area contributed by atoms with Crippen LogP contribution in [0.25, 0.3) is 0 Å². The van der Waals surface area contributed by atoms with Gasteiger partial charge in [-0.1, -0.05) is 0 Å². The summed E-state index contributed by atoms with van der Waals surface area (Å²) in [6.45, 7) is 1.47. The molecular weight excluding hydrogens is 260 g/mol. The molecule has 1 aliphatic rings. The summed E-state index contributed by atoms with van der Waals surface area (Å²) in [5, 5.41) is 0. The summed E-state index contributed by atoms with van der Waals surface area (Å²) < 4.78 is 0.745. The van der Waals surface area contributed by atoms with Crippen molar-refractivity contribution in [2.45, 2.75) is 6.42 Å². The second-order valence-corrected chi connectivity index (χ2v) is 4.35. The van der Waals surface area contributed by atoms with E-state index in [1.165, 1.54) is 6.33 Å². The van der Waals surface area contributed by atoms with Crippen LogP contribution in [-0.4, -0.2) is 29.0 Å². The Hall–Kier alpha value is -1.17. The van der Waals surface area contributed by atoms with E-state index in [1.807, 2.05) is 11.0 Å². The van der Waals surface area contributed by atoms with Gasteiger partial charge in [0.1, 0.15) is 16.7 Å². The minimum Gasteiger partial charge on any atom is -0.369 e. The van der Waals surface area contributed by atoms with Crippen LogP contribution in [0.1, 0.15) is 6.42 Å². The lowest BCUT2D eigenvalue weighted by atomic mass is 10.1. The average Bonchev–Trinajstić information content (AvgIpc) is 2.66. The highest BCUT2D eigenvalue weighted by molar-refractivity contribution is 9.10. The molecule has 80 valence electrons. The molecule has 2 heterocycles. The van der Waals surface area contributed by atoms with E-state index in [0.717, 1.165) is 23.4 Å². The van der Waals surface area contributed by atoms with Crippen LogP contribution in [0.4, 0.5) is 5.82 Å². The number of aromatic nitrogens is 2. The Morgan fingerprint density at radius 2 is 2.40 bits per heavy atom. The summed E-state index contributed by atoms with van der Waals surface area (Å²) in [5.41, 5.74) is 5.26. The number of hydrogen-bond donors (Lipinski definition) is 1. The molecule has 0 aliphatic carbocycles. The van der Waals surface area contributed by atoms with E-state index in [0.29, 0.717) is 6.54 Å².